The van der Waals surface area contributed by atoms with E-state index in [0.29, 0.717) is 0 Å². The summed E-state index contributed by atoms with van der Waals surface area (Å²) in [5.74, 6) is 0. The van der Waals surface area contributed by atoms with Crippen LogP contribution in [0.2, 0.25) is 0 Å². The van der Waals surface area contributed by atoms with E-state index in [1.54, 1.807) is 0 Å². The number of pyridine rings is 4. The first-order valence-electron chi connectivity index (χ1n) is 33.5. The van der Waals surface area contributed by atoms with Gasteiger partial charge in [0.1, 0.15) is 0 Å². The fourth-order valence-electron chi connectivity index (χ4n) is 13.2. The van der Waals surface area contributed by atoms with E-state index >= 15 is 0 Å². The molecule has 4 aromatic heterocycles. The Kier molecular flexibility index (Phi) is 17.4. The first kappa shape index (κ1) is 61.3. The first-order chi connectivity index (χ1) is 49.6. The number of benzene rings is 12. The number of para-hydroxylation sites is 6. The predicted octanol–water partition coefficient (Wildman–Crippen LogP) is 24.8. The van der Waals surface area contributed by atoms with Gasteiger partial charge in [0.15, 0.2) is 0 Å². The highest BCUT2D eigenvalue weighted by atomic mass is 15.2. The minimum atomic E-state index is 0.980. The molecule has 16 aromatic rings. The van der Waals surface area contributed by atoms with Crippen LogP contribution in [0.15, 0.2) is 401 Å². The van der Waals surface area contributed by atoms with Gasteiger partial charge in [0, 0.05) is 162 Å². The molecule has 0 aliphatic carbocycles. The largest absolute Gasteiger partial charge is 0.311 e. The van der Waals surface area contributed by atoms with Crippen molar-refractivity contribution < 1.29 is 0 Å². The third-order valence-corrected chi connectivity index (χ3v) is 18.1. The molecule has 474 valence electrons. The molecule has 0 amide bonds. The summed E-state index contributed by atoms with van der Waals surface area (Å²) in [7, 11) is 0. The summed E-state index contributed by atoms with van der Waals surface area (Å²) < 4.78 is 0. The molecule has 0 N–H and O–H groups in total. The van der Waals surface area contributed by atoms with Crippen LogP contribution in [0.4, 0.5) is 68.2 Å². The van der Waals surface area contributed by atoms with Gasteiger partial charge in [-0.2, -0.15) is 0 Å². The van der Waals surface area contributed by atoms with E-state index in [4.69, 9.17) is 19.9 Å². The van der Waals surface area contributed by atoms with Crippen LogP contribution < -0.4 is 19.6 Å². The second-order valence-electron chi connectivity index (χ2n) is 24.5. The molecule has 0 unspecified atom stereocenters. The van der Waals surface area contributed by atoms with E-state index in [2.05, 4.69) is 359 Å². The maximum atomic E-state index is 4.83. The summed E-state index contributed by atoms with van der Waals surface area (Å²) >= 11 is 0. The minimum absolute atomic E-state index is 0.980. The van der Waals surface area contributed by atoms with Crippen LogP contribution in [-0.4, -0.2) is 19.9 Å². The second kappa shape index (κ2) is 28.4. The lowest BCUT2D eigenvalue weighted by atomic mass is 9.99. The molecule has 0 aliphatic rings. The molecule has 8 nitrogen and oxygen atoms in total. The van der Waals surface area contributed by atoms with Crippen molar-refractivity contribution in [1.82, 2.24) is 19.9 Å². The highest BCUT2D eigenvalue weighted by Crippen LogP contribution is 2.43. The van der Waals surface area contributed by atoms with Crippen molar-refractivity contribution in [3.63, 3.8) is 0 Å². The Labute approximate surface area is 583 Å². The van der Waals surface area contributed by atoms with Crippen LogP contribution in [0, 0.1) is 0 Å². The van der Waals surface area contributed by atoms with Gasteiger partial charge in [-0.3, -0.25) is 19.9 Å². The Hall–Kier alpha value is -13.6. The van der Waals surface area contributed by atoms with E-state index in [0.717, 1.165) is 146 Å². The van der Waals surface area contributed by atoms with E-state index in [1.165, 1.54) is 0 Å². The van der Waals surface area contributed by atoms with Crippen molar-refractivity contribution in [2.75, 3.05) is 19.6 Å². The molecular formula is C92H66N8. The van der Waals surface area contributed by atoms with Crippen LogP contribution in [0.3, 0.4) is 0 Å². The average Bonchev–Trinajstić information content (AvgIpc) is 1.58. The molecule has 0 spiro atoms. The van der Waals surface area contributed by atoms with Gasteiger partial charge in [-0.15, -0.1) is 0 Å². The molecule has 16 rings (SSSR count). The maximum absolute atomic E-state index is 4.83. The number of anilines is 12. The summed E-state index contributed by atoms with van der Waals surface area (Å²) in [5, 5.41) is 0. The van der Waals surface area contributed by atoms with Gasteiger partial charge in [-0.05, 0) is 203 Å². The molecule has 0 radical (unpaired) electrons. The molecule has 0 atom stereocenters. The lowest BCUT2D eigenvalue weighted by molar-refractivity contribution is 1.27. The van der Waals surface area contributed by atoms with Gasteiger partial charge in [0.05, 0.1) is 0 Å². The SMILES string of the molecule is c1ccc(N(c2ccccc2)c2ccc(-c3cncc(-c4cncc(-c5ccc(N(c6ccccc6)c6ccc(-c7cccc(N(c8ccccc8)c8cccc(-c9cncc(-c%10cncc(-c%11cccc(N(c%12ccccc%12)c%12ccccc%12)c%11)c%10)c9)c8)c7)cc6)cc5)c4)c3)cc2)cc1. The zero-order valence-electron chi connectivity index (χ0n) is 54.7. The molecule has 0 aliphatic heterocycles. The van der Waals surface area contributed by atoms with Crippen molar-refractivity contribution in [3.05, 3.63) is 401 Å². The van der Waals surface area contributed by atoms with Gasteiger partial charge in [-0.1, -0.05) is 182 Å². The quantitative estimate of drug-likeness (QED) is 0.0794. The zero-order chi connectivity index (χ0) is 66.8. The number of aromatic nitrogens is 4. The van der Waals surface area contributed by atoms with Crippen LogP contribution in [0.25, 0.3) is 77.9 Å². The standard InChI is InChI=1S/C92H66N8/c1-7-25-81(26-8-1)97(82-27-9-2-10-28-82)87-48-42-68(43-49-87)73-52-77(63-93-59-73)78-53-74(60-94-64-78)69-44-50-89(51-45-69)98(83-29-11-3-12-30-83)88-46-40-67(41-47-88)70-22-19-38-91(56-70)100(86-35-17-6-18-36-86)92-39-21-24-72(58-92)76-55-80(66-96-62-76)79-54-75(61-95-65-79)71-23-20-37-90(57-71)99(84-31-13-4-14-32-84)85-33-15-5-16-34-85/h1-66H. The van der Waals surface area contributed by atoms with Crippen molar-refractivity contribution in [3.8, 4) is 77.9 Å². The van der Waals surface area contributed by atoms with Crippen molar-refractivity contribution in [2.45, 2.75) is 0 Å². The average molecular weight is 1280 g/mol. The Bertz CT molecular complexity index is 5330. The fourth-order valence-corrected chi connectivity index (χ4v) is 13.2. The molecule has 8 heteroatoms. The molecule has 100 heavy (non-hydrogen) atoms. The van der Waals surface area contributed by atoms with Crippen LogP contribution >= 0.6 is 0 Å². The topological polar surface area (TPSA) is 64.5 Å². The Morgan fingerprint density at radius 1 is 0.120 bits per heavy atom. The van der Waals surface area contributed by atoms with Crippen LogP contribution in [0.1, 0.15) is 0 Å². The number of hydrogen-bond donors (Lipinski definition) is 0. The van der Waals surface area contributed by atoms with Gasteiger partial charge < -0.3 is 19.6 Å². The lowest BCUT2D eigenvalue weighted by Crippen LogP contribution is -2.10. The monoisotopic (exact) mass is 1280 g/mol. The number of rotatable bonds is 19. The smallest absolute Gasteiger partial charge is 0.0467 e. The number of hydrogen-bond acceptors (Lipinski definition) is 8. The zero-order valence-corrected chi connectivity index (χ0v) is 54.7. The third-order valence-electron chi connectivity index (χ3n) is 18.1. The summed E-state index contributed by atoms with van der Waals surface area (Å²) in [6, 6.07) is 124. The van der Waals surface area contributed by atoms with E-state index in [1.807, 2.05) is 61.7 Å². The molecular weight excluding hydrogens is 1220 g/mol. The van der Waals surface area contributed by atoms with Crippen LogP contribution in [-0.2, 0) is 0 Å². The molecule has 0 saturated heterocycles. The van der Waals surface area contributed by atoms with E-state index in [-0.39, 0.29) is 0 Å². The van der Waals surface area contributed by atoms with Crippen molar-refractivity contribution >= 4 is 68.2 Å². The highest BCUT2D eigenvalue weighted by Gasteiger charge is 2.20. The Morgan fingerprint density at radius 2 is 0.290 bits per heavy atom. The van der Waals surface area contributed by atoms with Gasteiger partial charge in [-0.25, -0.2) is 0 Å². The van der Waals surface area contributed by atoms with Gasteiger partial charge >= 0.3 is 0 Å². The Balaban J connectivity index is 0.640. The molecule has 0 fully saturated rings. The molecule has 4 heterocycles. The first-order valence-corrected chi connectivity index (χ1v) is 33.5. The lowest BCUT2D eigenvalue weighted by Gasteiger charge is -2.27. The third kappa shape index (κ3) is 13.3. The fraction of sp³-hybridized carbons (Fsp3) is 0. The highest BCUT2D eigenvalue weighted by molar-refractivity contribution is 5.87. The molecule has 0 bridgehead atoms. The summed E-state index contributed by atoms with van der Waals surface area (Å²) in [6.45, 7) is 0. The molecule has 12 aromatic carbocycles. The van der Waals surface area contributed by atoms with E-state index in [9.17, 15) is 0 Å². The van der Waals surface area contributed by atoms with Gasteiger partial charge in [0.2, 0.25) is 0 Å². The van der Waals surface area contributed by atoms with Crippen molar-refractivity contribution in [2.24, 2.45) is 0 Å². The second-order valence-corrected chi connectivity index (χ2v) is 24.5. The normalized spacial score (nSPS) is 11.0. The Morgan fingerprint density at radius 3 is 0.540 bits per heavy atom. The van der Waals surface area contributed by atoms with Crippen LogP contribution in [0.5, 0.6) is 0 Å². The molecule has 0 saturated carbocycles. The minimum Gasteiger partial charge on any atom is -0.311 e. The summed E-state index contributed by atoms with van der Waals surface area (Å²) in [5.41, 5.74) is 27.2. The maximum Gasteiger partial charge on any atom is 0.0467 e. The predicted molar refractivity (Wildman–Crippen MR) is 414 cm³/mol. The van der Waals surface area contributed by atoms with E-state index < -0.39 is 0 Å². The van der Waals surface area contributed by atoms with Crippen molar-refractivity contribution in [1.29, 1.82) is 0 Å². The summed E-state index contributed by atoms with van der Waals surface area (Å²) in [6.07, 6.45) is 15.4. The van der Waals surface area contributed by atoms with Gasteiger partial charge in [0.25, 0.3) is 0 Å². The summed E-state index contributed by atoms with van der Waals surface area (Å²) in [4.78, 5) is 28.3. The number of nitrogens with zero attached hydrogens (tertiary/aromatic N) is 8.